The minimum absolute atomic E-state index is 0.0332. The molecule has 0 radical (unpaired) electrons. The number of non-ortho nitro benzene ring substituents is 1. The maximum atomic E-state index is 12.6. The molecule has 1 unspecified atom stereocenters. The molecule has 2 N–H and O–H groups in total. The highest BCUT2D eigenvalue weighted by Crippen LogP contribution is 2.24. The summed E-state index contributed by atoms with van der Waals surface area (Å²) in [5.41, 5.74) is 0.459. The molecule has 0 spiro atoms. The highest BCUT2D eigenvalue weighted by molar-refractivity contribution is 6.34. The number of benzene rings is 2. The molecule has 0 aromatic heterocycles. The smallest absolute Gasteiger partial charge is 0.329 e. The van der Waals surface area contributed by atoms with Crippen LogP contribution in [-0.2, 0) is 14.3 Å². The van der Waals surface area contributed by atoms with E-state index in [0.717, 1.165) is 17.7 Å². The Bertz CT molecular complexity index is 1070. The van der Waals surface area contributed by atoms with Crippen LogP contribution in [0.2, 0.25) is 5.02 Å². The molecule has 2 aromatic carbocycles. The number of nitrogens with one attached hydrogen (secondary N) is 2. The van der Waals surface area contributed by atoms with Gasteiger partial charge in [-0.3, -0.25) is 19.7 Å². The molecule has 0 heterocycles. The lowest BCUT2D eigenvalue weighted by Crippen LogP contribution is -2.46. The molecular weight excluding hydrogens is 466 g/mol. The number of esters is 1. The molecule has 2 rings (SSSR count). The number of halogens is 1. The predicted octanol–water partition coefficient (Wildman–Crippen LogP) is 3.43. The molecule has 2 atom stereocenters. The van der Waals surface area contributed by atoms with E-state index in [0.29, 0.717) is 5.75 Å². The average molecular weight is 492 g/mol. The molecule has 182 valence electrons. The van der Waals surface area contributed by atoms with Crippen molar-refractivity contribution in [3.05, 3.63) is 68.7 Å². The number of rotatable bonds is 10. The van der Waals surface area contributed by atoms with Gasteiger partial charge in [0, 0.05) is 17.7 Å². The van der Waals surface area contributed by atoms with E-state index >= 15 is 0 Å². The van der Waals surface area contributed by atoms with Gasteiger partial charge in [0.2, 0.25) is 0 Å². The van der Waals surface area contributed by atoms with Crippen LogP contribution in [0.25, 0.3) is 0 Å². The number of carbonyl (C=O) groups excluding carboxylic acids is 3. The lowest BCUT2D eigenvalue weighted by Gasteiger charge is -2.21. The van der Waals surface area contributed by atoms with Gasteiger partial charge in [0.15, 0.2) is 6.61 Å². The zero-order chi connectivity index (χ0) is 25.4. The van der Waals surface area contributed by atoms with Crippen LogP contribution in [0, 0.1) is 16.0 Å². The van der Waals surface area contributed by atoms with Crippen molar-refractivity contribution in [2.45, 2.75) is 32.9 Å². The molecular formula is C23H26ClN3O7. The van der Waals surface area contributed by atoms with Gasteiger partial charge in [-0.25, -0.2) is 4.79 Å². The highest BCUT2D eigenvalue weighted by Gasteiger charge is 2.28. The number of amides is 2. The van der Waals surface area contributed by atoms with Gasteiger partial charge in [0.1, 0.15) is 11.8 Å². The van der Waals surface area contributed by atoms with E-state index in [4.69, 9.17) is 21.1 Å². The van der Waals surface area contributed by atoms with E-state index in [1.165, 1.54) is 13.2 Å². The number of carbonyl (C=O) groups is 3. The SMILES string of the molecule is COc1ccccc1C(C)NC(=O)COC(=O)[C@@H](NC(=O)c1ccc([N+](=O)[O-])cc1Cl)C(C)C. The summed E-state index contributed by atoms with van der Waals surface area (Å²) in [6, 6.07) is 9.12. The van der Waals surface area contributed by atoms with E-state index in [9.17, 15) is 24.5 Å². The molecule has 0 saturated heterocycles. The summed E-state index contributed by atoms with van der Waals surface area (Å²) in [5, 5.41) is 15.9. The van der Waals surface area contributed by atoms with Crippen molar-refractivity contribution in [2.24, 2.45) is 5.92 Å². The third-order valence-electron chi connectivity index (χ3n) is 4.94. The Kier molecular flexibility index (Phi) is 9.37. The van der Waals surface area contributed by atoms with Gasteiger partial charge in [0.25, 0.3) is 17.5 Å². The first-order chi connectivity index (χ1) is 16.0. The molecule has 10 nitrogen and oxygen atoms in total. The second-order valence-corrected chi connectivity index (χ2v) is 8.16. The molecule has 2 aromatic rings. The summed E-state index contributed by atoms with van der Waals surface area (Å²) < 4.78 is 10.4. The monoisotopic (exact) mass is 491 g/mol. The zero-order valence-corrected chi connectivity index (χ0v) is 19.9. The van der Waals surface area contributed by atoms with Crippen molar-refractivity contribution in [2.75, 3.05) is 13.7 Å². The Balaban J connectivity index is 1.99. The molecule has 2 amide bonds. The number of methoxy groups -OCH3 is 1. The number of ether oxygens (including phenoxy) is 2. The average Bonchev–Trinajstić information content (AvgIpc) is 2.80. The lowest BCUT2D eigenvalue weighted by molar-refractivity contribution is -0.384. The van der Waals surface area contributed by atoms with E-state index in [1.807, 2.05) is 18.2 Å². The summed E-state index contributed by atoms with van der Waals surface area (Å²) in [4.78, 5) is 47.7. The van der Waals surface area contributed by atoms with Crippen molar-refractivity contribution < 1.29 is 28.8 Å². The fourth-order valence-corrected chi connectivity index (χ4v) is 3.39. The Morgan fingerprint density at radius 3 is 2.35 bits per heavy atom. The van der Waals surface area contributed by atoms with Gasteiger partial charge in [-0.1, -0.05) is 43.6 Å². The predicted molar refractivity (Wildman–Crippen MR) is 125 cm³/mol. The minimum atomic E-state index is -1.07. The third kappa shape index (κ3) is 6.92. The van der Waals surface area contributed by atoms with Crippen molar-refractivity contribution in [1.82, 2.24) is 10.6 Å². The van der Waals surface area contributed by atoms with Crippen LogP contribution >= 0.6 is 11.6 Å². The Morgan fingerprint density at radius 2 is 1.76 bits per heavy atom. The van der Waals surface area contributed by atoms with Crippen molar-refractivity contribution in [1.29, 1.82) is 0 Å². The van der Waals surface area contributed by atoms with Gasteiger partial charge >= 0.3 is 5.97 Å². The zero-order valence-electron chi connectivity index (χ0n) is 19.2. The van der Waals surface area contributed by atoms with Crippen molar-refractivity contribution in [3.63, 3.8) is 0 Å². The van der Waals surface area contributed by atoms with Crippen LogP contribution in [0.3, 0.4) is 0 Å². The van der Waals surface area contributed by atoms with Gasteiger partial charge in [-0.05, 0) is 25.0 Å². The molecule has 0 fully saturated rings. The topological polar surface area (TPSA) is 137 Å². The van der Waals surface area contributed by atoms with Crippen LogP contribution in [0.1, 0.15) is 42.7 Å². The summed E-state index contributed by atoms with van der Waals surface area (Å²) in [7, 11) is 1.53. The second-order valence-electron chi connectivity index (χ2n) is 7.76. The van der Waals surface area contributed by atoms with Gasteiger partial charge in [0.05, 0.1) is 28.7 Å². The number of nitro benzene ring substituents is 1. The quantitative estimate of drug-likeness (QED) is 0.295. The van der Waals surface area contributed by atoms with Gasteiger partial charge in [-0.2, -0.15) is 0 Å². The first kappa shape index (κ1) is 26.6. The van der Waals surface area contributed by atoms with E-state index in [1.54, 1.807) is 26.8 Å². The molecule has 0 aliphatic rings. The maximum absolute atomic E-state index is 12.6. The largest absolute Gasteiger partial charge is 0.496 e. The Hall–Kier alpha value is -3.66. The number of para-hydroxylation sites is 1. The number of nitro groups is 1. The van der Waals surface area contributed by atoms with E-state index < -0.39 is 41.4 Å². The standard InChI is InChI=1S/C23H26ClN3O7/c1-13(2)21(26-22(29)17-10-9-15(27(31)32)11-18(17)24)23(30)34-12-20(28)25-14(3)16-7-5-6-8-19(16)33-4/h5-11,13-14,21H,12H2,1-4H3,(H,25,28)(H,26,29)/t14?,21-/m0/s1. The van der Waals surface area contributed by atoms with E-state index in [2.05, 4.69) is 10.6 Å². The summed E-state index contributed by atoms with van der Waals surface area (Å²) in [5.74, 6) is -1.80. The van der Waals surface area contributed by atoms with Gasteiger partial charge in [-0.15, -0.1) is 0 Å². The van der Waals surface area contributed by atoms with Crippen molar-refractivity contribution >= 4 is 35.1 Å². The first-order valence-corrected chi connectivity index (χ1v) is 10.8. The fourth-order valence-electron chi connectivity index (χ4n) is 3.13. The Labute approximate surface area is 201 Å². The van der Waals surface area contributed by atoms with Crippen molar-refractivity contribution in [3.8, 4) is 5.75 Å². The highest BCUT2D eigenvalue weighted by atomic mass is 35.5. The van der Waals surface area contributed by atoms with Crippen LogP contribution < -0.4 is 15.4 Å². The third-order valence-corrected chi connectivity index (χ3v) is 5.26. The summed E-state index contributed by atoms with van der Waals surface area (Å²) >= 11 is 5.99. The molecule has 34 heavy (non-hydrogen) atoms. The van der Waals surface area contributed by atoms with Crippen LogP contribution in [0.4, 0.5) is 5.69 Å². The molecule has 0 aliphatic heterocycles. The molecule has 0 saturated carbocycles. The number of nitrogens with zero attached hydrogens (tertiary/aromatic N) is 1. The van der Waals surface area contributed by atoms with E-state index in [-0.39, 0.29) is 22.2 Å². The molecule has 0 aliphatic carbocycles. The maximum Gasteiger partial charge on any atom is 0.329 e. The van der Waals surface area contributed by atoms with Crippen LogP contribution in [0.5, 0.6) is 5.75 Å². The second kappa shape index (κ2) is 12.0. The van der Waals surface area contributed by atoms with Crippen LogP contribution in [-0.4, -0.2) is 42.5 Å². The molecule has 0 bridgehead atoms. The van der Waals surface area contributed by atoms with Crippen LogP contribution in [0.15, 0.2) is 42.5 Å². The number of hydrogen-bond donors (Lipinski definition) is 2. The van der Waals surface area contributed by atoms with Gasteiger partial charge < -0.3 is 20.1 Å². The fraction of sp³-hybridized carbons (Fsp3) is 0.348. The number of hydrogen-bond acceptors (Lipinski definition) is 7. The minimum Gasteiger partial charge on any atom is -0.496 e. The summed E-state index contributed by atoms with van der Waals surface area (Å²) in [6.07, 6.45) is 0. The molecule has 11 heteroatoms. The first-order valence-electron chi connectivity index (χ1n) is 10.4. The lowest BCUT2D eigenvalue weighted by atomic mass is 10.0. The Morgan fingerprint density at radius 1 is 1.09 bits per heavy atom. The summed E-state index contributed by atoms with van der Waals surface area (Å²) in [6.45, 7) is 4.60. The normalized spacial score (nSPS) is 12.4.